The fourth-order valence-electron chi connectivity index (χ4n) is 3.54. The summed E-state index contributed by atoms with van der Waals surface area (Å²) in [6.45, 7) is 6.44. The molecule has 2 aromatic rings. The van der Waals surface area contributed by atoms with Crippen molar-refractivity contribution in [3.63, 3.8) is 0 Å². The van der Waals surface area contributed by atoms with Crippen LogP contribution in [0.5, 0.6) is 0 Å². The Bertz CT molecular complexity index is 946. The van der Waals surface area contributed by atoms with Crippen molar-refractivity contribution in [2.24, 2.45) is 5.92 Å². The highest BCUT2D eigenvalue weighted by Crippen LogP contribution is 2.29. The number of likely N-dealkylation sites (tertiary alicyclic amines) is 1. The third-order valence-corrected chi connectivity index (χ3v) is 6.55. The average Bonchev–Trinajstić information content (AvgIpc) is 3.13. The zero-order valence-corrected chi connectivity index (χ0v) is 19.4. The van der Waals surface area contributed by atoms with Crippen LogP contribution in [0.4, 0.5) is 0 Å². The van der Waals surface area contributed by atoms with E-state index >= 15 is 0 Å². The molecule has 8 nitrogen and oxygen atoms in total. The molecule has 0 unspecified atom stereocenters. The summed E-state index contributed by atoms with van der Waals surface area (Å²) in [6.07, 6.45) is 1.11. The first kappa shape index (κ1) is 23.8. The van der Waals surface area contributed by atoms with Gasteiger partial charge >= 0.3 is 11.9 Å². The highest BCUT2D eigenvalue weighted by Gasteiger charge is 2.28. The van der Waals surface area contributed by atoms with E-state index in [0.717, 1.165) is 21.9 Å². The molecule has 0 saturated carbocycles. The summed E-state index contributed by atoms with van der Waals surface area (Å²) in [5.41, 5.74) is 2.24. The molecule has 1 aromatic heterocycles. The second kappa shape index (κ2) is 11.2. The van der Waals surface area contributed by atoms with Crippen LogP contribution in [0.3, 0.4) is 0 Å². The van der Waals surface area contributed by atoms with Crippen LogP contribution >= 0.6 is 11.8 Å². The van der Waals surface area contributed by atoms with Crippen LogP contribution in [0.2, 0.25) is 0 Å². The minimum Gasteiger partial charge on any atom is -0.466 e. The van der Waals surface area contributed by atoms with Gasteiger partial charge < -0.3 is 18.9 Å². The summed E-state index contributed by atoms with van der Waals surface area (Å²) in [6, 6.07) is 7.15. The summed E-state index contributed by atoms with van der Waals surface area (Å²) in [4.78, 5) is 39.4. The van der Waals surface area contributed by atoms with Gasteiger partial charge in [0.2, 0.25) is 0 Å². The van der Waals surface area contributed by atoms with Crippen molar-refractivity contribution in [3.05, 3.63) is 46.8 Å². The van der Waals surface area contributed by atoms with Crippen LogP contribution in [-0.4, -0.2) is 54.2 Å². The van der Waals surface area contributed by atoms with Gasteiger partial charge in [-0.05, 0) is 45.7 Å². The SMILES string of the molecule is CCOC(=O)C1CCN(C(=O)COC(=O)c2ccccc2SCc2c(C)noc2C)CC1. The Kier molecular flexibility index (Phi) is 8.33. The van der Waals surface area contributed by atoms with E-state index in [1.54, 1.807) is 24.0 Å². The summed E-state index contributed by atoms with van der Waals surface area (Å²) >= 11 is 1.49. The van der Waals surface area contributed by atoms with Gasteiger partial charge in [0, 0.05) is 29.3 Å². The molecule has 1 fully saturated rings. The van der Waals surface area contributed by atoms with Crippen LogP contribution < -0.4 is 0 Å². The number of esters is 2. The molecular formula is C23H28N2O6S. The highest BCUT2D eigenvalue weighted by molar-refractivity contribution is 7.98. The summed E-state index contributed by atoms with van der Waals surface area (Å²) in [7, 11) is 0. The predicted octanol–water partition coefficient (Wildman–Crippen LogP) is 3.54. The quantitative estimate of drug-likeness (QED) is 0.436. The van der Waals surface area contributed by atoms with E-state index in [2.05, 4.69) is 5.16 Å². The molecule has 1 aliphatic heterocycles. The standard InChI is InChI=1S/C23H28N2O6S/c1-4-29-22(27)17-9-11-25(12-10-17)21(26)13-30-23(28)18-7-5-6-8-20(18)32-14-19-15(2)24-31-16(19)3/h5-8,17H,4,9-14H2,1-3H3. The van der Waals surface area contributed by atoms with Gasteiger partial charge in [-0.2, -0.15) is 0 Å². The lowest BCUT2D eigenvalue weighted by Crippen LogP contribution is -2.42. The monoisotopic (exact) mass is 460 g/mol. The molecule has 1 amide bonds. The van der Waals surface area contributed by atoms with E-state index in [1.165, 1.54) is 11.8 Å². The molecule has 9 heteroatoms. The van der Waals surface area contributed by atoms with Crippen LogP contribution in [0.1, 0.15) is 47.1 Å². The van der Waals surface area contributed by atoms with E-state index in [4.69, 9.17) is 14.0 Å². The van der Waals surface area contributed by atoms with Gasteiger partial charge in [-0.3, -0.25) is 9.59 Å². The lowest BCUT2D eigenvalue weighted by molar-refractivity contribution is -0.151. The zero-order chi connectivity index (χ0) is 23.1. The fraction of sp³-hybridized carbons (Fsp3) is 0.478. The van der Waals surface area contributed by atoms with E-state index in [9.17, 15) is 14.4 Å². The van der Waals surface area contributed by atoms with Crippen molar-refractivity contribution in [1.29, 1.82) is 0 Å². The van der Waals surface area contributed by atoms with Crippen LogP contribution in [0.25, 0.3) is 0 Å². The molecule has 32 heavy (non-hydrogen) atoms. The minimum absolute atomic E-state index is 0.178. The summed E-state index contributed by atoms with van der Waals surface area (Å²) in [5.74, 6) is 0.176. The van der Waals surface area contributed by atoms with E-state index in [0.29, 0.717) is 43.9 Å². The maximum atomic E-state index is 12.7. The fourth-order valence-corrected chi connectivity index (χ4v) is 4.73. The molecule has 0 atom stereocenters. The topological polar surface area (TPSA) is 98.9 Å². The number of hydrogen-bond donors (Lipinski definition) is 0. The first-order valence-corrected chi connectivity index (χ1v) is 11.6. The maximum Gasteiger partial charge on any atom is 0.339 e. The van der Waals surface area contributed by atoms with Gasteiger partial charge in [0.15, 0.2) is 6.61 Å². The lowest BCUT2D eigenvalue weighted by Gasteiger charge is -2.30. The van der Waals surface area contributed by atoms with Gasteiger partial charge in [-0.25, -0.2) is 4.79 Å². The Morgan fingerprint density at radius 1 is 1.16 bits per heavy atom. The number of aryl methyl sites for hydroxylation is 2. The Morgan fingerprint density at radius 2 is 1.88 bits per heavy atom. The Balaban J connectivity index is 1.52. The summed E-state index contributed by atoms with van der Waals surface area (Å²) < 4.78 is 15.6. The van der Waals surface area contributed by atoms with Crippen LogP contribution in [-0.2, 0) is 24.8 Å². The van der Waals surface area contributed by atoms with Crippen molar-refractivity contribution in [1.82, 2.24) is 10.1 Å². The second-order valence-electron chi connectivity index (χ2n) is 7.57. The number of carbonyl (C=O) groups is 3. The third kappa shape index (κ3) is 5.91. The van der Waals surface area contributed by atoms with Crippen LogP contribution in [0, 0.1) is 19.8 Å². The molecule has 0 bridgehead atoms. The molecular weight excluding hydrogens is 432 g/mol. The Labute approximate surface area is 191 Å². The normalized spacial score (nSPS) is 14.3. The molecule has 1 aliphatic rings. The van der Waals surface area contributed by atoms with Gasteiger partial charge in [-0.1, -0.05) is 17.3 Å². The largest absolute Gasteiger partial charge is 0.466 e. The zero-order valence-electron chi connectivity index (χ0n) is 18.6. The van der Waals surface area contributed by atoms with Crippen molar-refractivity contribution >= 4 is 29.6 Å². The molecule has 0 N–H and O–H groups in total. The molecule has 0 aliphatic carbocycles. The van der Waals surface area contributed by atoms with Gasteiger partial charge in [0.1, 0.15) is 5.76 Å². The Hall–Kier alpha value is -2.81. The molecule has 0 spiro atoms. The number of piperidine rings is 1. The van der Waals surface area contributed by atoms with E-state index < -0.39 is 5.97 Å². The number of amides is 1. The number of hydrogen-bond acceptors (Lipinski definition) is 8. The van der Waals surface area contributed by atoms with Crippen molar-refractivity contribution in [2.75, 3.05) is 26.3 Å². The van der Waals surface area contributed by atoms with Crippen molar-refractivity contribution < 1.29 is 28.4 Å². The molecule has 3 rings (SSSR count). The predicted molar refractivity (Wildman–Crippen MR) is 118 cm³/mol. The molecule has 2 heterocycles. The van der Waals surface area contributed by atoms with Crippen molar-refractivity contribution in [3.8, 4) is 0 Å². The maximum absolute atomic E-state index is 12.7. The van der Waals surface area contributed by atoms with Crippen LogP contribution in [0.15, 0.2) is 33.7 Å². The molecule has 1 aromatic carbocycles. The molecule has 1 saturated heterocycles. The van der Waals surface area contributed by atoms with E-state index in [-0.39, 0.29) is 24.4 Å². The van der Waals surface area contributed by atoms with Gasteiger partial charge in [-0.15, -0.1) is 11.8 Å². The van der Waals surface area contributed by atoms with Gasteiger partial charge in [0.05, 0.1) is 23.8 Å². The number of thioether (sulfide) groups is 1. The van der Waals surface area contributed by atoms with E-state index in [1.807, 2.05) is 26.0 Å². The second-order valence-corrected chi connectivity index (χ2v) is 8.59. The first-order chi connectivity index (χ1) is 15.4. The minimum atomic E-state index is -0.540. The van der Waals surface area contributed by atoms with Gasteiger partial charge in [0.25, 0.3) is 5.91 Å². The molecule has 0 radical (unpaired) electrons. The number of aromatic nitrogens is 1. The number of benzene rings is 1. The third-order valence-electron chi connectivity index (χ3n) is 5.45. The smallest absolute Gasteiger partial charge is 0.339 e. The first-order valence-electron chi connectivity index (χ1n) is 10.7. The average molecular weight is 461 g/mol. The number of rotatable bonds is 8. The Morgan fingerprint density at radius 3 is 2.53 bits per heavy atom. The number of ether oxygens (including phenoxy) is 2. The lowest BCUT2D eigenvalue weighted by atomic mass is 9.97. The summed E-state index contributed by atoms with van der Waals surface area (Å²) in [5, 5.41) is 3.95. The molecule has 172 valence electrons. The number of nitrogens with zero attached hydrogens (tertiary/aromatic N) is 2. The number of carbonyl (C=O) groups excluding carboxylic acids is 3. The highest BCUT2D eigenvalue weighted by atomic mass is 32.2. The van der Waals surface area contributed by atoms with Crippen molar-refractivity contribution in [2.45, 2.75) is 44.3 Å².